The molecule has 21 heavy (non-hydrogen) atoms. The summed E-state index contributed by atoms with van der Waals surface area (Å²) in [5.74, 6) is -0.555. The van der Waals surface area contributed by atoms with Crippen molar-refractivity contribution in [2.45, 2.75) is 18.8 Å². The SMILES string of the molecule is COCc1ccc(C(N)c2ccc(F)c(C(F)(F)F)c2)o1. The fourth-order valence-corrected chi connectivity index (χ4v) is 1.90. The summed E-state index contributed by atoms with van der Waals surface area (Å²) in [7, 11) is 1.48. The van der Waals surface area contributed by atoms with Gasteiger partial charge in [0.25, 0.3) is 0 Å². The summed E-state index contributed by atoms with van der Waals surface area (Å²) >= 11 is 0. The van der Waals surface area contributed by atoms with Gasteiger partial charge in [-0.3, -0.25) is 0 Å². The molecule has 0 aliphatic rings. The largest absolute Gasteiger partial charge is 0.462 e. The number of rotatable bonds is 4. The second-order valence-electron chi connectivity index (χ2n) is 4.45. The van der Waals surface area contributed by atoms with E-state index in [2.05, 4.69) is 0 Å². The highest BCUT2D eigenvalue weighted by Gasteiger charge is 2.34. The average Bonchev–Trinajstić information content (AvgIpc) is 2.86. The maximum atomic E-state index is 13.2. The molecule has 0 saturated carbocycles. The third-order valence-corrected chi connectivity index (χ3v) is 2.93. The normalized spacial score (nSPS) is 13.4. The molecule has 0 saturated heterocycles. The van der Waals surface area contributed by atoms with Crippen LogP contribution in [0.1, 0.15) is 28.7 Å². The maximum Gasteiger partial charge on any atom is 0.419 e. The lowest BCUT2D eigenvalue weighted by Crippen LogP contribution is -2.14. The summed E-state index contributed by atoms with van der Waals surface area (Å²) in [6.45, 7) is 0.226. The number of ether oxygens (including phenoxy) is 1. The van der Waals surface area contributed by atoms with Crippen molar-refractivity contribution in [2.24, 2.45) is 5.73 Å². The van der Waals surface area contributed by atoms with Gasteiger partial charge in [0.1, 0.15) is 23.9 Å². The highest BCUT2D eigenvalue weighted by molar-refractivity contribution is 5.33. The van der Waals surface area contributed by atoms with Crippen LogP contribution in [-0.2, 0) is 17.5 Å². The van der Waals surface area contributed by atoms with Crippen LogP contribution in [0.25, 0.3) is 0 Å². The van der Waals surface area contributed by atoms with Crippen molar-refractivity contribution in [2.75, 3.05) is 7.11 Å². The molecule has 0 aliphatic heterocycles. The lowest BCUT2D eigenvalue weighted by atomic mass is 10.0. The Morgan fingerprint density at radius 2 is 1.95 bits per heavy atom. The third-order valence-electron chi connectivity index (χ3n) is 2.93. The van der Waals surface area contributed by atoms with E-state index in [1.165, 1.54) is 13.2 Å². The number of furan rings is 1. The Labute approximate surface area is 118 Å². The summed E-state index contributed by atoms with van der Waals surface area (Å²) < 4.78 is 61.5. The van der Waals surface area contributed by atoms with Gasteiger partial charge in [0.05, 0.1) is 11.6 Å². The standard InChI is InChI=1S/C14H13F4NO2/c1-20-7-9-3-5-12(21-9)13(19)8-2-4-11(15)10(6-8)14(16,17)18/h2-6,13H,7,19H2,1H3. The van der Waals surface area contributed by atoms with E-state index < -0.39 is 23.6 Å². The summed E-state index contributed by atoms with van der Waals surface area (Å²) in [5.41, 5.74) is 4.63. The first-order valence-electron chi connectivity index (χ1n) is 6.02. The van der Waals surface area contributed by atoms with Crippen molar-refractivity contribution in [3.05, 3.63) is 58.8 Å². The second-order valence-corrected chi connectivity index (χ2v) is 4.45. The van der Waals surface area contributed by atoms with Gasteiger partial charge in [-0.05, 0) is 29.8 Å². The van der Waals surface area contributed by atoms with E-state index >= 15 is 0 Å². The van der Waals surface area contributed by atoms with Crippen molar-refractivity contribution in [1.82, 2.24) is 0 Å². The topological polar surface area (TPSA) is 48.4 Å². The van der Waals surface area contributed by atoms with Crippen molar-refractivity contribution in [3.63, 3.8) is 0 Å². The molecule has 7 heteroatoms. The molecular formula is C14H13F4NO2. The molecule has 1 aromatic heterocycles. The van der Waals surface area contributed by atoms with Gasteiger partial charge < -0.3 is 14.9 Å². The average molecular weight is 303 g/mol. The molecule has 0 amide bonds. The van der Waals surface area contributed by atoms with Crippen LogP contribution >= 0.6 is 0 Å². The number of nitrogens with two attached hydrogens (primary N) is 1. The number of hydrogen-bond donors (Lipinski definition) is 1. The predicted molar refractivity (Wildman–Crippen MR) is 66.9 cm³/mol. The number of halogens is 4. The quantitative estimate of drug-likeness (QED) is 0.877. The van der Waals surface area contributed by atoms with Gasteiger partial charge in [0, 0.05) is 7.11 Å². The van der Waals surface area contributed by atoms with Crippen molar-refractivity contribution < 1.29 is 26.7 Å². The Hall–Kier alpha value is -1.86. The molecule has 0 fully saturated rings. The number of benzene rings is 1. The maximum absolute atomic E-state index is 13.2. The first-order chi connectivity index (χ1) is 9.82. The van der Waals surface area contributed by atoms with Crippen LogP contribution in [0.15, 0.2) is 34.7 Å². The van der Waals surface area contributed by atoms with Crippen molar-refractivity contribution in [3.8, 4) is 0 Å². The molecule has 1 aromatic carbocycles. The third kappa shape index (κ3) is 3.43. The van der Waals surface area contributed by atoms with Gasteiger partial charge >= 0.3 is 6.18 Å². The monoisotopic (exact) mass is 303 g/mol. The van der Waals surface area contributed by atoms with E-state index in [4.69, 9.17) is 14.9 Å². The van der Waals surface area contributed by atoms with E-state index in [0.29, 0.717) is 11.8 Å². The minimum absolute atomic E-state index is 0.113. The number of hydrogen-bond acceptors (Lipinski definition) is 3. The zero-order valence-corrected chi connectivity index (χ0v) is 11.1. The van der Waals surface area contributed by atoms with E-state index in [1.807, 2.05) is 0 Å². The van der Waals surface area contributed by atoms with Gasteiger partial charge in [-0.15, -0.1) is 0 Å². The van der Waals surface area contributed by atoms with E-state index in [-0.39, 0.29) is 17.9 Å². The Morgan fingerprint density at radius 1 is 1.24 bits per heavy atom. The van der Waals surface area contributed by atoms with Crippen LogP contribution in [0.4, 0.5) is 17.6 Å². The summed E-state index contributed by atoms with van der Waals surface area (Å²) in [5, 5.41) is 0. The van der Waals surface area contributed by atoms with Crippen LogP contribution in [0.3, 0.4) is 0 Å². The molecule has 0 aliphatic carbocycles. The lowest BCUT2D eigenvalue weighted by molar-refractivity contribution is -0.140. The molecule has 1 atom stereocenters. The minimum Gasteiger partial charge on any atom is -0.462 e. The number of methoxy groups -OCH3 is 1. The minimum atomic E-state index is -4.77. The second kappa shape index (κ2) is 5.87. The van der Waals surface area contributed by atoms with Crippen molar-refractivity contribution >= 4 is 0 Å². The molecule has 2 aromatic rings. The molecule has 0 spiro atoms. The predicted octanol–water partition coefficient (Wildman–Crippen LogP) is 3.63. The Morgan fingerprint density at radius 3 is 2.57 bits per heavy atom. The molecule has 3 nitrogen and oxygen atoms in total. The summed E-state index contributed by atoms with van der Waals surface area (Å²) in [6, 6.07) is 4.89. The highest BCUT2D eigenvalue weighted by Crippen LogP contribution is 2.33. The van der Waals surface area contributed by atoms with Crippen LogP contribution in [0.5, 0.6) is 0 Å². The zero-order chi connectivity index (χ0) is 15.6. The number of alkyl halides is 3. The molecular weight excluding hydrogens is 290 g/mol. The van der Waals surface area contributed by atoms with Gasteiger partial charge in [-0.2, -0.15) is 13.2 Å². The van der Waals surface area contributed by atoms with E-state index in [9.17, 15) is 17.6 Å². The lowest BCUT2D eigenvalue weighted by Gasteiger charge is -2.13. The molecule has 0 radical (unpaired) electrons. The van der Waals surface area contributed by atoms with Gasteiger partial charge in [0.15, 0.2) is 0 Å². The van der Waals surface area contributed by atoms with E-state index in [1.54, 1.807) is 12.1 Å². The molecule has 1 unspecified atom stereocenters. The zero-order valence-electron chi connectivity index (χ0n) is 11.1. The summed E-state index contributed by atoms with van der Waals surface area (Å²) in [4.78, 5) is 0. The Balaban J connectivity index is 2.32. The van der Waals surface area contributed by atoms with Crippen LogP contribution < -0.4 is 5.73 Å². The summed E-state index contributed by atoms with van der Waals surface area (Å²) in [6.07, 6.45) is -4.77. The van der Waals surface area contributed by atoms with Crippen LogP contribution in [0, 0.1) is 5.82 Å². The highest BCUT2D eigenvalue weighted by atomic mass is 19.4. The smallest absolute Gasteiger partial charge is 0.419 e. The van der Waals surface area contributed by atoms with Gasteiger partial charge in [-0.25, -0.2) is 4.39 Å². The van der Waals surface area contributed by atoms with Crippen LogP contribution in [0.2, 0.25) is 0 Å². The Bertz CT molecular complexity index is 622. The van der Waals surface area contributed by atoms with Crippen molar-refractivity contribution in [1.29, 1.82) is 0 Å². The first kappa shape index (κ1) is 15.5. The molecule has 2 N–H and O–H groups in total. The molecule has 114 valence electrons. The molecule has 2 rings (SSSR count). The Kier molecular flexibility index (Phi) is 4.34. The fraction of sp³-hybridized carbons (Fsp3) is 0.286. The first-order valence-corrected chi connectivity index (χ1v) is 6.02. The van der Waals surface area contributed by atoms with Crippen LogP contribution in [-0.4, -0.2) is 7.11 Å². The van der Waals surface area contributed by atoms with E-state index in [0.717, 1.165) is 6.07 Å². The molecule has 0 bridgehead atoms. The molecule has 1 heterocycles. The fourth-order valence-electron chi connectivity index (χ4n) is 1.90. The van der Waals surface area contributed by atoms with Gasteiger partial charge in [0.2, 0.25) is 0 Å². The van der Waals surface area contributed by atoms with Gasteiger partial charge in [-0.1, -0.05) is 6.07 Å².